The Labute approximate surface area is 209 Å². The van der Waals surface area contributed by atoms with Crippen LogP contribution in [0.4, 0.5) is 8.78 Å². The zero-order valence-corrected chi connectivity index (χ0v) is 20.1. The van der Waals surface area contributed by atoms with E-state index < -0.39 is 23.2 Å². The third kappa shape index (κ3) is 4.94. The van der Waals surface area contributed by atoms with Crippen molar-refractivity contribution in [3.8, 4) is 22.7 Å². The molecule has 0 aromatic carbocycles. The summed E-state index contributed by atoms with van der Waals surface area (Å²) in [7, 11) is 1.26. The number of hydrogen-bond acceptors (Lipinski definition) is 7. The Hall–Kier alpha value is -4.18. The maximum Gasteiger partial charge on any atom is 0.356 e. The predicted octanol–water partition coefficient (Wildman–Crippen LogP) is 4.60. The molecule has 0 unspecified atom stereocenters. The van der Waals surface area contributed by atoms with Crippen molar-refractivity contribution in [1.82, 2.24) is 19.5 Å². The third-order valence-corrected chi connectivity index (χ3v) is 5.66. The summed E-state index contributed by atoms with van der Waals surface area (Å²) in [6.07, 6.45) is 3.92. The standard InChI is InChI=1S/C25H19ClF2N4O4/c1-13-10-30-18(15-4-5-29-19(7-15)25(34)35-3)9-21(13)32-14(2)6-22(23(26)24(32)33)36-12-20-17(28)8-16(27)11-31-20/h4-11H,12H2,1-3H3. The van der Waals surface area contributed by atoms with Gasteiger partial charge in [0.1, 0.15) is 34.6 Å². The monoisotopic (exact) mass is 512 g/mol. The first kappa shape index (κ1) is 24.9. The first-order valence-corrected chi connectivity index (χ1v) is 10.9. The van der Waals surface area contributed by atoms with Crippen LogP contribution < -0.4 is 10.3 Å². The van der Waals surface area contributed by atoms with Gasteiger partial charge >= 0.3 is 5.97 Å². The number of carbonyl (C=O) groups excluding carboxylic acids is 1. The van der Waals surface area contributed by atoms with E-state index >= 15 is 0 Å². The Morgan fingerprint density at radius 1 is 1.08 bits per heavy atom. The van der Waals surface area contributed by atoms with E-state index in [4.69, 9.17) is 21.1 Å². The van der Waals surface area contributed by atoms with Gasteiger partial charge in [0, 0.05) is 35.8 Å². The van der Waals surface area contributed by atoms with Gasteiger partial charge in [0.2, 0.25) is 0 Å². The number of aryl methyl sites for hydroxylation is 2. The van der Waals surface area contributed by atoms with Gasteiger partial charge in [0.25, 0.3) is 5.56 Å². The summed E-state index contributed by atoms with van der Waals surface area (Å²) in [5.41, 5.74) is 2.19. The zero-order valence-electron chi connectivity index (χ0n) is 19.4. The summed E-state index contributed by atoms with van der Waals surface area (Å²) in [5.74, 6) is -2.24. The Balaban J connectivity index is 1.71. The molecule has 0 atom stereocenters. The van der Waals surface area contributed by atoms with Crippen LogP contribution in [0.25, 0.3) is 16.9 Å². The molecule has 0 bridgehead atoms. The topological polar surface area (TPSA) is 96.2 Å². The number of aromatic nitrogens is 4. The van der Waals surface area contributed by atoms with Crippen LogP contribution in [-0.2, 0) is 11.3 Å². The van der Waals surface area contributed by atoms with Crippen molar-refractivity contribution < 1.29 is 23.0 Å². The molecule has 0 amide bonds. The van der Waals surface area contributed by atoms with Gasteiger partial charge in [-0.3, -0.25) is 19.3 Å². The summed E-state index contributed by atoms with van der Waals surface area (Å²) >= 11 is 6.32. The van der Waals surface area contributed by atoms with Crippen molar-refractivity contribution in [3.05, 3.63) is 98.6 Å². The maximum atomic E-state index is 13.9. The van der Waals surface area contributed by atoms with E-state index in [0.29, 0.717) is 34.3 Å². The molecule has 36 heavy (non-hydrogen) atoms. The molecule has 0 aliphatic carbocycles. The minimum Gasteiger partial charge on any atom is -0.485 e. The molecule has 8 nitrogen and oxygen atoms in total. The lowest BCUT2D eigenvalue weighted by Crippen LogP contribution is -2.23. The van der Waals surface area contributed by atoms with Crippen LogP contribution in [0.3, 0.4) is 0 Å². The van der Waals surface area contributed by atoms with Crippen molar-refractivity contribution in [2.24, 2.45) is 0 Å². The largest absolute Gasteiger partial charge is 0.485 e. The highest BCUT2D eigenvalue weighted by atomic mass is 35.5. The number of halogens is 3. The Morgan fingerprint density at radius 2 is 1.86 bits per heavy atom. The number of hydrogen-bond donors (Lipinski definition) is 0. The van der Waals surface area contributed by atoms with Crippen LogP contribution in [0.15, 0.2) is 53.7 Å². The smallest absolute Gasteiger partial charge is 0.356 e. The van der Waals surface area contributed by atoms with E-state index in [0.717, 1.165) is 6.20 Å². The summed E-state index contributed by atoms with van der Waals surface area (Å²) in [4.78, 5) is 37.2. The Morgan fingerprint density at radius 3 is 2.58 bits per heavy atom. The average Bonchev–Trinajstić information content (AvgIpc) is 2.87. The molecule has 4 rings (SSSR count). The van der Waals surface area contributed by atoms with Gasteiger partial charge in [0.05, 0.1) is 24.7 Å². The molecule has 0 aliphatic rings. The molecule has 0 spiro atoms. The van der Waals surface area contributed by atoms with Crippen molar-refractivity contribution in [2.45, 2.75) is 20.5 Å². The number of carbonyl (C=O) groups is 1. The van der Waals surface area contributed by atoms with Crippen molar-refractivity contribution in [3.63, 3.8) is 0 Å². The number of esters is 1. The first-order valence-electron chi connectivity index (χ1n) is 10.6. The van der Waals surface area contributed by atoms with Crippen LogP contribution in [0.2, 0.25) is 5.02 Å². The lowest BCUT2D eigenvalue weighted by Gasteiger charge is -2.17. The summed E-state index contributed by atoms with van der Waals surface area (Å²) in [6, 6.07) is 7.13. The van der Waals surface area contributed by atoms with E-state index in [-0.39, 0.29) is 28.8 Å². The lowest BCUT2D eigenvalue weighted by atomic mass is 10.1. The maximum absolute atomic E-state index is 13.9. The van der Waals surface area contributed by atoms with Gasteiger partial charge in [-0.1, -0.05) is 11.6 Å². The minimum absolute atomic E-state index is 0.0322. The number of rotatable bonds is 6. The Bertz CT molecular complexity index is 1540. The van der Waals surface area contributed by atoms with Crippen molar-refractivity contribution in [2.75, 3.05) is 7.11 Å². The molecular weight excluding hydrogens is 494 g/mol. The van der Waals surface area contributed by atoms with Crippen LogP contribution in [0.5, 0.6) is 5.75 Å². The molecule has 4 aromatic heterocycles. The molecule has 0 saturated carbocycles. The van der Waals surface area contributed by atoms with Gasteiger partial charge in [-0.15, -0.1) is 0 Å². The fourth-order valence-corrected chi connectivity index (χ4v) is 3.69. The number of methoxy groups -OCH3 is 1. The van der Waals surface area contributed by atoms with Gasteiger partial charge in [-0.2, -0.15) is 0 Å². The van der Waals surface area contributed by atoms with E-state index in [1.54, 1.807) is 32.2 Å². The predicted molar refractivity (Wildman–Crippen MR) is 127 cm³/mol. The van der Waals surface area contributed by atoms with Crippen LogP contribution in [0, 0.1) is 25.5 Å². The molecule has 0 radical (unpaired) electrons. The van der Waals surface area contributed by atoms with Gasteiger partial charge < -0.3 is 9.47 Å². The van der Waals surface area contributed by atoms with Crippen molar-refractivity contribution in [1.29, 1.82) is 0 Å². The SMILES string of the molecule is COC(=O)c1cc(-c2cc(-n3c(C)cc(OCc4ncc(F)cc4F)c(Cl)c3=O)c(C)cn2)ccn1. The first-order chi connectivity index (χ1) is 17.2. The Kier molecular flexibility index (Phi) is 7.07. The van der Waals surface area contributed by atoms with E-state index in [1.807, 2.05) is 0 Å². The molecule has 0 N–H and O–H groups in total. The minimum atomic E-state index is -0.873. The summed E-state index contributed by atoms with van der Waals surface area (Å²) in [6.45, 7) is 3.12. The second-order valence-electron chi connectivity index (χ2n) is 7.75. The molecule has 0 aliphatic heterocycles. The highest BCUT2D eigenvalue weighted by Crippen LogP contribution is 2.27. The fourth-order valence-electron chi connectivity index (χ4n) is 3.50. The van der Waals surface area contributed by atoms with E-state index in [1.165, 1.54) is 30.0 Å². The lowest BCUT2D eigenvalue weighted by molar-refractivity contribution is 0.0594. The van der Waals surface area contributed by atoms with Crippen LogP contribution in [-0.4, -0.2) is 32.6 Å². The van der Waals surface area contributed by atoms with Crippen LogP contribution in [0.1, 0.15) is 27.4 Å². The third-order valence-electron chi connectivity index (χ3n) is 5.31. The van der Waals surface area contributed by atoms with Gasteiger partial charge in [0.15, 0.2) is 5.82 Å². The normalized spacial score (nSPS) is 10.8. The second-order valence-corrected chi connectivity index (χ2v) is 8.13. The average molecular weight is 513 g/mol. The zero-order chi connectivity index (χ0) is 26.0. The number of ether oxygens (including phenoxy) is 2. The molecule has 0 fully saturated rings. The second kappa shape index (κ2) is 10.2. The molecule has 11 heteroatoms. The molecule has 4 heterocycles. The van der Waals surface area contributed by atoms with Gasteiger partial charge in [-0.25, -0.2) is 18.6 Å². The molecule has 4 aromatic rings. The molecular formula is C25H19ClF2N4O4. The van der Waals surface area contributed by atoms with Gasteiger partial charge in [-0.05, 0) is 37.6 Å². The van der Waals surface area contributed by atoms with Crippen LogP contribution >= 0.6 is 11.6 Å². The number of nitrogens with zero attached hydrogens (tertiary/aromatic N) is 4. The summed E-state index contributed by atoms with van der Waals surface area (Å²) < 4.78 is 38.6. The molecule has 0 saturated heterocycles. The van der Waals surface area contributed by atoms with E-state index in [9.17, 15) is 18.4 Å². The quantitative estimate of drug-likeness (QED) is 0.348. The van der Waals surface area contributed by atoms with E-state index in [2.05, 4.69) is 15.0 Å². The highest BCUT2D eigenvalue weighted by molar-refractivity contribution is 6.31. The number of pyridine rings is 4. The molecule has 184 valence electrons. The fraction of sp³-hybridized carbons (Fsp3) is 0.160. The van der Waals surface area contributed by atoms with Crippen molar-refractivity contribution >= 4 is 17.6 Å². The summed E-state index contributed by atoms with van der Waals surface area (Å²) in [5, 5.41) is -0.224. The highest BCUT2D eigenvalue weighted by Gasteiger charge is 2.18.